The number of nitrogens with zero attached hydrogens (tertiary/aromatic N) is 1. The van der Waals surface area contributed by atoms with Gasteiger partial charge in [-0.15, -0.1) is 0 Å². The lowest BCUT2D eigenvalue weighted by Gasteiger charge is -2.25. The molecular weight excluding hydrogens is 458 g/mol. The number of ether oxygens (including phenoxy) is 1. The number of likely N-dealkylation sites (tertiary alicyclic amines) is 1. The van der Waals surface area contributed by atoms with Gasteiger partial charge in [0.1, 0.15) is 5.76 Å². The summed E-state index contributed by atoms with van der Waals surface area (Å²) in [5, 5.41) is 11.5. The summed E-state index contributed by atoms with van der Waals surface area (Å²) in [5.74, 6) is -1.58. The van der Waals surface area contributed by atoms with E-state index >= 15 is 0 Å². The Kier molecular flexibility index (Phi) is 6.77. The number of aliphatic hydroxyl groups excluding tert-OH is 1. The van der Waals surface area contributed by atoms with Gasteiger partial charge >= 0.3 is 0 Å². The Bertz CT molecular complexity index is 938. The van der Waals surface area contributed by atoms with E-state index in [-0.39, 0.29) is 30.6 Å². The van der Waals surface area contributed by atoms with Crippen LogP contribution in [0.4, 0.5) is 0 Å². The summed E-state index contributed by atoms with van der Waals surface area (Å²) in [5.41, 5.74) is 1.21. The number of amides is 1. The molecule has 29 heavy (non-hydrogen) atoms. The third-order valence-electron chi connectivity index (χ3n) is 4.63. The Morgan fingerprint density at radius 3 is 2.34 bits per heavy atom. The van der Waals surface area contributed by atoms with Crippen LogP contribution in [0.2, 0.25) is 5.02 Å². The molecule has 0 aliphatic carbocycles. The predicted octanol–water partition coefficient (Wildman–Crippen LogP) is 4.95. The fourth-order valence-corrected chi connectivity index (χ4v) is 3.64. The van der Waals surface area contributed by atoms with Gasteiger partial charge in [-0.2, -0.15) is 0 Å². The minimum absolute atomic E-state index is 0.00330. The molecule has 5 nitrogen and oxygen atoms in total. The minimum atomic E-state index is -0.716. The van der Waals surface area contributed by atoms with Gasteiger partial charge in [-0.25, -0.2) is 0 Å². The van der Waals surface area contributed by atoms with E-state index in [1.54, 1.807) is 48.5 Å². The zero-order chi connectivity index (χ0) is 21.1. The molecular formula is C22H21BrClNO4. The number of halogens is 2. The van der Waals surface area contributed by atoms with Crippen LogP contribution in [-0.4, -0.2) is 41.0 Å². The molecule has 1 amide bonds. The van der Waals surface area contributed by atoms with E-state index in [0.717, 1.165) is 4.47 Å². The first-order valence-corrected chi connectivity index (χ1v) is 10.4. The molecule has 0 bridgehead atoms. The van der Waals surface area contributed by atoms with Gasteiger partial charge < -0.3 is 14.7 Å². The van der Waals surface area contributed by atoms with Crippen LogP contribution in [0, 0.1) is 0 Å². The van der Waals surface area contributed by atoms with Gasteiger partial charge in [0.15, 0.2) is 0 Å². The standard InChI is InChI=1S/C22H21BrClNO4/c1-13(2)29-12-11-25-19(14-5-9-17(24)10-6-14)18(21(27)22(25)28)20(26)15-3-7-16(23)8-4-15/h3-10,13,19,26H,11-12H2,1-2H3/b20-18-. The molecule has 7 heteroatoms. The second-order valence-corrected chi connectivity index (χ2v) is 8.32. The number of hydrogen-bond acceptors (Lipinski definition) is 4. The lowest BCUT2D eigenvalue weighted by atomic mass is 9.95. The van der Waals surface area contributed by atoms with Crippen molar-refractivity contribution < 1.29 is 19.4 Å². The number of rotatable bonds is 6. The molecule has 3 rings (SSSR count). The molecule has 0 spiro atoms. The highest BCUT2D eigenvalue weighted by molar-refractivity contribution is 9.10. The Balaban J connectivity index is 2.07. The second kappa shape index (κ2) is 9.11. The SMILES string of the molecule is CC(C)OCCN1C(=O)C(=O)/C(=C(\O)c2ccc(Br)cc2)C1c1ccc(Cl)cc1. The van der Waals surface area contributed by atoms with E-state index in [0.29, 0.717) is 16.1 Å². The Labute approximate surface area is 183 Å². The van der Waals surface area contributed by atoms with Crippen molar-refractivity contribution in [2.45, 2.75) is 26.0 Å². The van der Waals surface area contributed by atoms with Gasteiger partial charge in [0.05, 0.1) is 24.3 Å². The first-order chi connectivity index (χ1) is 13.8. The van der Waals surface area contributed by atoms with E-state index in [1.165, 1.54) is 4.90 Å². The van der Waals surface area contributed by atoms with Gasteiger partial charge in [0, 0.05) is 21.6 Å². The number of Topliss-reactive ketones (excluding diaryl/α,β-unsaturated/α-hetero) is 1. The van der Waals surface area contributed by atoms with Gasteiger partial charge in [0.2, 0.25) is 0 Å². The van der Waals surface area contributed by atoms with Crippen molar-refractivity contribution in [2.75, 3.05) is 13.2 Å². The number of benzene rings is 2. The summed E-state index contributed by atoms with van der Waals surface area (Å²) in [6, 6.07) is 13.1. The van der Waals surface area contributed by atoms with E-state index in [4.69, 9.17) is 16.3 Å². The highest BCUT2D eigenvalue weighted by Gasteiger charge is 2.45. The van der Waals surface area contributed by atoms with Crippen LogP contribution in [0.1, 0.15) is 31.0 Å². The first-order valence-electron chi connectivity index (χ1n) is 9.21. The van der Waals surface area contributed by atoms with Gasteiger partial charge in [-0.05, 0) is 43.7 Å². The largest absolute Gasteiger partial charge is 0.507 e. The summed E-state index contributed by atoms with van der Waals surface area (Å²) in [4.78, 5) is 27.1. The Morgan fingerprint density at radius 1 is 1.14 bits per heavy atom. The highest BCUT2D eigenvalue weighted by Crippen LogP contribution is 2.39. The molecule has 1 heterocycles. The fourth-order valence-electron chi connectivity index (χ4n) is 3.25. The van der Waals surface area contributed by atoms with Crippen molar-refractivity contribution in [1.29, 1.82) is 0 Å². The van der Waals surface area contributed by atoms with Crippen molar-refractivity contribution in [1.82, 2.24) is 4.90 Å². The van der Waals surface area contributed by atoms with E-state index in [1.807, 2.05) is 13.8 Å². The number of aliphatic hydroxyl groups is 1. The molecule has 1 unspecified atom stereocenters. The zero-order valence-electron chi connectivity index (χ0n) is 16.1. The van der Waals surface area contributed by atoms with Gasteiger partial charge in [-0.1, -0.05) is 51.8 Å². The molecule has 0 radical (unpaired) electrons. The molecule has 1 aliphatic heterocycles. The zero-order valence-corrected chi connectivity index (χ0v) is 18.4. The summed E-state index contributed by atoms with van der Waals surface area (Å²) >= 11 is 9.36. The topological polar surface area (TPSA) is 66.8 Å². The molecule has 152 valence electrons. The maximum absolute atomic E-state index is 12.9. The van der Waals surface area contributed by atoms with Crippen molar-refractivity contribution in [3.8, 4) is 0 Å². The summed E-state index contributed by atoms with van der Waals surface area (Å²) in [6.45, 7) is 4.32. The molecule has 1 fully saturated rings. The smallest absolute Gasteiger partial charge is 0.295 e. The molecule has 0 aromatic heterocycles. The minimum Gasteiger partial charge on any atom is -0.507 e. The molecule has 0 saturated carbocycles. The number of carbonyl (C=O) groups excluding carboxylic acids is 2. The quantitative estimate of drug-likeness (QED) is 0.362. The van der Waals surface area contributed by atoms with Gasteiger partial charge in [-0.3, -0.25) is 9.59 Å². The van der Waals surface area contributed by atoms with E-state index in [2.05, 4.69) is 15.9 Å². The van der Waals surface area contributed by atoms with Crippen molar-refractivity contribution in [3.05, 3.63) is 74.7 Å². The molecule has 1 saturated heterocycles. The number of hydrogen-bond donors (Lipinski definition) is 1. The molecule has 1 atom stereocenters. The van der Waals surface area contributed by atoms with E-state index < -0.39 is 17.7 Å². The third kappa shape index (κ3) is 4.71. The third-order valence-corrected chi connectivity index (χ3v) is 5.41. The van der Waals surface area contributed by atoms with Crippen LogP contribution in [0.3, 0.4) is 0 Å². The van der Waals surface area contributed by atoms with Gasteiger partial charge in [0.25, 0.3) is 11.7 Å². The van der Waals surface area contributed by atoms with Crippen LogP contribution < -0.4 is 0 Å². The van der Waals surface area contributed by atoms with Crippen LogP contribution in [0.15, 0.2) is 58.6 Å². The average molecular weight is 479 g/mol. The predicted molar refractivity (Wildman–Crippen MR) is 116 cm³/mol. The van der Waals surface area contributed by atoms with Crippen LogP contribution in [-0.2, 0) is 14.3 Å². The average Bonchev–Trinajstić information content (AvgIpc) is 2.93. The van der Waals surface area contributed by atoms with Crippen LogP contribution in [0.5, 0.6) is 0 Å². The normalized spacial score (nSPS) is 18.7. The summed E-state index contributed by atoms with van der Waals surface area (Å²) in [7, 11) is 0. The number of ketones is 1. The summed E-state index contributed by atoms with van der Waals surface area (Å²) < 4.78 is 6.42. The Morgan fingerprint density at radius 2 is 1.76 bits per heavy atom. The highest BCUT2D eigenvalue weighted by atomic mass is 79.9. The van der Waals surface area contributed by atoms with Crippen molar-refractivity contribution in [3.63, 3.8) is 0 Å². The number of carbonyl (C=O) groups is 2. The Hall–Kier alpha value is -2.15. The fraction of sp³-hybridized carbons (Fsp3) is 0.273. The molecule has 2 aromatic rings. The molecule has 1 N–H and O–H groups in total. The lowest BCUT2D eigenvalue weighted by Crippen LogP contribution is -2.33. The monoisotopic (exact) mass is 477 g/mol. The van der Waals surface area contributed by atoms with Crippen LogP contribution >= 0.6 is 27.5 Å². The second-order valence-electron chi connectivity index (χ2n) is 6.97. The van der Waals surface area contributed by atoms with E-state index in [9.17, 15) is 14.7 Å². The summed E-state index contributed by atoms with van der Waals surface area (Å²) in [6.07, 6.45) is 0.00330. The maximum Gasteiger partial charge on any atom is 0.295 e. The molecule has 1 aliphatic rings. The van der Waals surface area contributed by atoms with Crippen LogP contribution in [0.25, 0.3) is 5.76 Å². The van der Waals surface area contributed by atoms with Crippen molar-refractivity contribution >= 4 is 45.0 Å². The molecule has 2 aromatic carbocycles. The maximum atomic E-state index is 12.9. The first kappa shape index (κ1) is 21.6. The van der Waals surface area contributed by atoms with Crippen molar-refractivity contribution in [2.24, 2.45) is 0 Å². The lowest BCUT2D eigenvalue weighted by molar-refractivity contribution is -0.140.